The first kappa shape index (κ1) is 17.2. The van der Waals surface area contributed by atoms with Gasteiger partial charge >= 0.3 is 0 Å². The molecule has 0 amide bonds. The molecule has 0 saturated heterocycles. The lowest BCUT2D eigenvalue weighted by molar-refractivity contribution is -0.122. The van der Waals surface area contributed by atoms with E-state index < -0.39 is 0 Å². The van der Waals surface area contributed by atoms with Gasteiger partial charge < -0.3 is 5.11 Å². The number of nitrogens with two attached hydrogens (primary N) is 2. The predicted molar refractivity (Wildman–Crippen MR) is 27.4 cm³/mol. The van der Waals surface area contributed by atoms with Crippen LogP contribution in [0.25, 0.3) is 0 Å². The highest BCUT2D eigenvalue weighted by atomic mass is 32.1. The zero-order valence-electron chi connectivity index (χ0n) is 3.09. The minimum Gasteiger partial charge on any atom is -0.483 e. The topological polar surface area (TPSA) is 89.3 Å². The Hall–Kier alpha value is -0.260. The minimum absolute atomic E-state index is 0. The first-order valence-electron chi connectivity index (χ1n) is 0.827. The Kier molecular flexibility index (Phi) is 347. The zero-order chi connectivity index (χ0) is 4.71. The van der Waals surface area contributed by atoms with Gasteiger partial charge in [0.15, 0.2) is 0 Å². The summed E-state index contributed by atoms with van der Waals surface area (Å²) in [5, 5.41) is 6.89. The number of carboxylic acid groups (broad SMARTS) is 1. The SMILES string of the molecule is NN.O=CO.S. The lowest BCUT2D eigenvalue weighted by Crippen LogP contribution is -2.02. The number of carbonyl (C=O) groups is 1. The first-order chi connectivity index (χ1) is 2.41. The van der Waals surface area contributed by atoms with Crippen LogP contribution in [0, 0.1) is 0 Å². The van der Waals surface area contributed by atoms with Crippen molar-refractivity contribution in [2.45, 2.75) is 0 Å². The van der Waals surface area contributed by atoms with Crippen molar-refractivity contribution in [3.05, 3.63) is 0 Å². The van der Waals surface area contributed by atoms with Gasteiger partial charge in [0.25, 0.3) is 6.47 Å². The van der Waals surface area contributed by atoms with Crippen LogP contribution in [0.3, 0.4) is 0 Å². The van der Waals surface area contributed by atoms with Gasteiger partial charge in [-0.15, -0.1) is 0 Å². The number of hydrogen-bond donors (Lipinski definition) is 3. The van der Waals surface area contributed by atoms with Gasteiger partial charge in [0.05, 0.1) is 0 Å². The van der Waals surface area contributed by atoms with Crippen molar-refractivity contribution in [2.75, 3.05) is 0 Å². The quantitative estimate of drug-likeness (QED) is 0.205. The third-order valence-corrected chi connectivity index (χ3v) is 0. The van der Waals surface area contributed by atoms with Crippen LogP contribution >= 0.6 is 13.5 Å². The molecule has 0 bridgehead atoms. The highest BCUT2D eigenvalue weighted by Gasteiger charge is 1.22. The van der Waals surface area contributed by atoms with E-state index in [2.05, 4.69) is 11.7 Å². The van der Waals surface area contributed by atoms with Crippen LogP contribution in [0.15, 0.2) is 0 Å². The molecular formula is CH8N2O2S. The summed E-state index contributed by atoms with van der Waals surface area (Å²) in [5.74, 6) is 8.00. The van der Waals surface area contributed by atoms with Gasteiger partial charge in [-0.1, -0.05) is 0 Å². The second-order valence-corrected chi connectivity index (χ2v) is 0.105. The average Bonchev–Trinajstić information content (AvgIpc) is 1.46. The molecule has 0 fully saturated rings. The van der Waals surface area contributed by atoms with Crippen LogP contribution in [0.2, 0.25) is 0 Å². The smallest absolute Gasteiger partial charge is 0.290 e. The molecule has 6 heavy (non-hydrogen) atoms. The van der Waals surface area contributed by atoms with Crippen molar-refractivity contribution in [3.8, 4) is 0 Å². The summed E-state index contributed by atoms with van der Waals surface area (Å²) in [7, 11) is 0. The van der Waals surface area contributed by atoms with Crippen molar-refractivity contribution in [1.29, 1.82) is 0 Å². The van der Waals surface area contributed by atoms with Crippen molar-refractivity contribution < 1.29 is 9.90 Å². The fourth-order valence-electron chi connectivity index (χ4n) is 0. The third kappa shape index (κ3) is 415. The summed E-state index contributed by atoms with van der Waals surface area (Å²) >= 11 is 0. The summed E-state index contributed by atoms with van der Waals surface area (Å²) in [6.07, 6.45) is 0. The molecule has 0 aromatic rings. The van der Waals surface area contributed by atoms with E-state index in [-0.39, 0.29) is 20.0 Å². The molecule has 0 aliphatic carbocycles. The lowest BCUT2D eigenvalue weighted by atomic mass is 11.7. The summed E-state index contributed by atoms with van der Waals surface area (Å²) < 4.78 is 0. The van der Waals surface area contributed by atoms with Gasteiger partial charge in [-0.2, -0.15) is 13.5 Å². The third-order valence-electron chi connectivity index (χ3n) is 0. The second-order valence-electron chi connectivity index (χ2n) is 0.105. The zero-order valence-corrected chi connectivity index (χ0v) is 4.09. The van der Waals surface area contributed by atoms with Crippen molar-refractivity contribution in [2.24, 2.45) is 11.7 Å². The molecule has 0 radical (unpaired) electrons. The van der Waals surface area contributed by atoms with Gasteiger partial charge in [-0.05, 0) is 0 Å². The van der Waals surface area contributed by atoms with E-state index >= 15 is 0 Å². The van der Waals surface area contributed by atoms with Crippen LogP contribution in [0.5, 0.6) is 0 Å². The Morgan fingerprint density at radius 3 is 1.50 bits per heavy atom. The fraction of sp³-hybridized carbons (Fsp3) is 0. The summed E-state index contributed by atoms with van der Waals surface area (Å²) in [4.78, 5) is 8.36. The van der Waals surface area contributed by atoms with E-state index in [1.165, 1.54) is 0 Å². The Labute approximate surface area is 42.5 Å². The average molecular weight is 112 g/mol. The highest BCUT2D eigenvalue weighted by Crippen LogP contribution is 0.966. The Morgan fingerprint density at radius 2 is 1.50 bits per heavy atom. The molecule has 0 unspecified atom stereocenters. The Balaban J connectivity index is -0.0000000275. The molecule has 0 atom stereocenters. The van der Waals surface area contributed by atoms with Crippen molar-refractivity contribution in [3.63, 3.8) is 0 Å². The highest BCUT2D eigenvalue weighted by molar-refractivity contribution is 7.59. The van der Waals surface area contributed by atoms with Gasteiger partial charge in [0.1, 0.15) is 0 Å². The molecule has 40 valence electrons. The lowest BCUT2D eigenvalue weighted by Gasteiger charge is -1.34. The molecule has 0 aromatic heterocycles. The van der Waals surface area contributed by atoms with E-state index in [1.54, 1.807) is 0 Å². The van der Waals surface area contributed by atoms with E-state index in [9.17, 15) is 0 Å². The minimum atomic E-state index is -0.250. The van der Waals surface area contributed by atoms with Crippen LogP contribution < -0.4 is 11.7 Å². The molecule has 0 spiro atoms. The standard InChI is InChI=1S/CH2O2.H4N2.H2S/c2-1-3;1-2;/h1H,(H,2,3);1-2H2;1H2. The van der Waals surface area contributed by atoms with E-state index in [0.29, 0.717) is 0 Å². The monoisotopic (exact) mass is 112 g/mol. The van der Waals surface area contributed by atoms with Crippen LogP contribution in [0.4, 0.5) is 0 Å². The molecule has 0 rings (SSSR count). The number of hydrazine groups is 1. The summed E-state index contributed by atoms with van der Waals surface area (Å²) in [6.45, 7) is -0.250. The molecule has 4 nitrogen and oxygen atoms in total. The molecule has 0 heterocycles. The molecule has 0 aromatic carbocycles. The normalized spacial score (nSPS) is 3.00. The predicted octanol–water partition coefficient (Wildman–Crippen LogP) is -1.37. The number of rotatable bonds is 0. The first-order valence-corrected chi connectivity index (χ1v) is 0.827. The van der Waals surface area contributed by atoms with E-state index in [0.717, 1.165) is 0 Å². The fourth-order valence-corrected chi connectivity index (χ4v) is 0. The summed E-state index contributed by atoms with van der Waals surface area (Å²) in [5.41, 5.74) is 0. The Morgan fingerprint density at radius 1 is 1.50 bits per heavy atom. The van der Waals surface area contributed by atoms with Crippen LogP contribution in [-0.2, 0) is 4.79 Å². The molecular weight excluding hydrogens is 104 g/mol. The maximum atomic E-state index is 8.36. The molecule has 5 heteroatoms. The second kappa shape index (κ2) is 121. The van der Waals surface area contributed by atoms with Crippen molar-refractivity contribution >= 4 is 20.0 Å². The van der Waals surface area contributed by atoms with Crippen molar-refractivity contribution in [1.82, 2.24) is 0 Å². The van der Waals surface area contributed by atoms with Gasteiger partial charge in [0, 0.05) is 0 Å². The van der Waals surface area contributed by atoms with Gasteiger partial charge in [-0.3, -0.25) is 16.5 Å². The largest absolute Gasteiger partial charge is 0.483 e. The molecule has 0 saturated carbocycles. The van der Waals surface area contributed by atoms with E-state index in [1.807, 2.05) is 0 Å². The van der Waals surface area contributed by atoms with Gasteiger partial charge in [-0.25, -0.2) is 0 Å². The van der Waals surface area contributed by atoms with Crippen LogP contribution in [0.1, 0.15) is 0 Å². The van der Waals surface area contributed by atoms with E-state index in [4.69, 9.17) is 9.90 Å². The maximum Gasteiger partial charge on any atom is 0.290 e. The molecule has 5 N–H and O–H groups in total. The molecule has 0 aliphatic heterocycles. The molecule has 0 aliphatic rings. The number of hydrogen-bond acceptors (Lipinski definition) is 3. The Bertz CT molecular complexity index is 19.0. The van der Waals surface area contributed by atoms with Gasteiger partial charge in [0.2, 0.25) is 0 Å². The van der Waals surface area contributed by atoms with Crippen LogP contribution in [-0.4, -0.2) is 11.6 Å². The maximum absolute atomic E-state index is 8.36. The summed E-state index contributed by atoms with van der Waals surface area (Å²) in [6, 6.07) is 0.